The molecular weight excluding hydrogens is 284 g/mol. The van der Waals surface area contributed by atoms with Gasteiger partial charge in [0.25, 0.3) is 5.91 Å². The van der Waals surface area contributed by atoms with E-state index in [-0.39, 0.29) is 5.91 Å². The number of carbonyl (C=O) groups is 1. The lowest BCUT2D eigenvalue weighted by atomic mass is 10.3. The zero-order valence-corrected chi connectivity index (χ0v) is 10.7. The van der Waals surface area contributed by atoms with Gasteiger partial charge in [0, 0.05) is 23.4 Å². The van der Waals surface area contributed by atoms with E-state index in [1.807, 2.05) is 7.05 Å². The summed E-state index contributed by atoms with van der Waals surface area (Å²) in [6.45, 7) is 0. The van der Waals surface area contributed by atoms with Crippen LogP contribution < -0.4 is 11.1 Å². The highest BCUT2D eigenvalue weighted by Gasteiger charge is 2.10. The van der Waals surface area contributed by atoms with E-state index in [1.54, 1.807) is 35.3 Å². The number of aryl methyl sites for hydroxylation is 1. The van der Waals surface area contributed by atoms with Gasteiger partial charge in [0.2, 0.25) is 0 Å². The highest BCUT2D eigenvalue weighted by Crippen LogP contribution is 2.24. The van der Waals surface area contributed by atoms with Crippen molar-refractivity contribution in [3.63, 3.8) is 0 Å². The lowest BCUT2D eigenvalue weighted by Crippen LogP contribution is -2.12. The predicted octanol–water partition coefficient (Wildman–Crippen LogP) is 2.02. The van der Waals surface area contributed by atoms with E-state index in [2.05, 4.69) is 26.2 Å². The number of nitrogens with one attached hydrogen (secondary N) is 1. The Morgan fingerprint density at radius 3 is 2.88 bits per heavy atom. The Hall–Kier alpha value is -1.82. The zero-order chi connectivity index (χ0) is 12.4. The van der Waals surface area contributed by atoms with Crippen molar-refractivity contribution in [2.75, 3.05) is 11.1 Å². The molecule has 0 saturated heterocycles. The standard InChI is InChI=1S/C11H11BrN4O/c1-16-5-10(14-6-16)11(17)15-9-3-2-7(13)4-8(9)12/h2-6H,13H2,1H3,(H,15,17). The SMILES string of the molecule is Cn1cnc(C(=O)Nc2ccc(N)cc2Br)c1. The number of nitrogens with zero attached hydrogens (tertiary/aromatic N) is 2. The van der Waals surface area contributed by atoms with Crippen LogP contribution in [0.15, 0.2) is 35.2 Å². The number of rotatable bonds is 2. The van der Waals surface area contributed by atoms with Crippen molar-refractivity contribution in [1.29, 1.82) is 0 Å². The molecule has 0 unspecified atom stereocenters. The largest absolute Gasteiger partial charge is 0.399 e. The monoisotopic (exact) mass is 294 g/mol. The first-order valence-electron chi connectivity index (χ1n) is 4.90. The Morgan fingerprint density at radius 1 is 1.53 bits per heavy atom. The lowest BCUT2D eigenvalue weighted by Gasteiger charge is -2.06. The quantitative estimate of drug-likeness (QED) is 0.832. The number of anilines is 2. The van der Waals surface area contributed by atoms with Crippen molar-refractivity contribution in [1.82, 2.24) is 9.55 Å². The Labute approximate surface area is 107 Å². The second-order valence-corrected chi connectivity index (χ2v) is 4.47. The smallest absolute Gasteiger partial charge is 0.275 e. The number of benzene rings is 1. The Bertz CT molecular complexity index is 564. The van der Waals surface area contributed by atoms with Crippen molar-refractivity contribution >= 4 is 33.2 Å². The number of amides is 1. The van der Waals surface area contributed by atoms with Gasteiger partial charge in [-0.05, 0) is 34.1 Å². The highest BCUT2D eigenvalue weighted by atomic mass is 79.9. The van der Waals surface area contributed by atoms with Gasteiger partial charge in [0.15, 0.2) is 0 Å². The van der Waals surface area contributed by atoms with Gasteiger partial charge in [-0.3, -0.25) is 4.79 Å². The fourth-order valence-corrected chi connectivity index (χ4v) is 1.84. The second kappa shape index (κ2) is 4.58. The van der Waals surface area contributed by atoms with Crippen molar-refractivity contribution in [2.24, 2.45) is 7.05 Å². The van der Waals surface area contributed by atoms with Gasteiger partial charge in [0.1, 0.15) is 5.69 Å². The molecule has 88 valence electrons. The van der Waals surface area contributed by atoms with Crippen LogP contribution in [0.25, 0.3) is 0 Å². The first kappa shape index (κ1) is 11.7. The molecular formula is C11H11BrN4O. The molecule has 0 aliphatic carbocycles. The predicted molar refractivity (Wildman–Crippen MR) is 69.7 cm³/mol. The number of halogens is 1. The van der Waals surface area contributed by atoms with E-state index in [9.17, 15) is 4.79 Å². The van der Waals surface area contributed by atoms with Crippen LogP contribution in [0.4, 0.5) is 11.4 Å². The lowest BCUT2D eigenvalue weighted by molar-refractivity contribution is 0.102. The van der Waals surface area contributed by atoms with Crippen molar-refractivity contribution in [3.8, 4) is 0 Å². The zero-order valence-electron chi connectivity index (χ0n) is 9.14. The molecule has 5 nitrogen and oxygen atoms in total. The summed E-state index contributed by atoms with van der Waals surface area (Å²) < 4.78 is 2.45. The fraction of sp³-hybridized carbons (Fsp3) is 0.0909. The van der Waals surface area contributed by atoms with Gasteiger partial charge in [-0.25, -0.2) is 4.98 Å². The van der Waals surface area contributed by atoms with E-state index in [1.165, 1.54) is 0 Å². The van der Waals surface area contributed by atoms with Gasteiger partial charge in [-0.15, -0.1) is 0 Å². The Balaban J connectivity index is 2.18. The number of aromatic nitrogens is 2. The normalized spacial score (nSPS) is 10.2. The van der Waals surface area contributed by atoms with E-state index < -0.39 is 0 Å². The number of hydrogen-bond donors (Lipinski definition) is 2. The third-order valence-corrected chi connectivity index (χ3v) is 2.83. The summed E-state index contributed by atoms with van der Waals surface area (Å²) in [5.74, 6) is -0.254. The molecule has 0 spiro atoms. The first-order valence-corrected chi connectivity index (χ1v) is 5.70. The Kier molecular flexibility index (Phi) is 3.14. The first-order chi connectivity index (χ1) is 8.06. The van der Waals surface area contributed by atoms with E-state index in [4.69, 9.17) is 5.73 Å². The highest BCUT2D eigenvalue weighted by molar-refractivity contribution is 9.10. The minimum Gasteiger partial charge on any atom is -0.399 e. The molecule has 0 radical (unpaired) electrons. The average molecular weight is 295 g/mol. The van der Waals surface area contributed by atoms with Gasteiger partial charge >= 0.3 is 0 Å². The van der Waals surface area contributed by atoms with E-state index in [0.29, 0.717) is 17.1 Å². The van der Waals surface area contributed by atoms with Crippen molar-refractivity contribution in [2.45, 2.75) is 0 Å². The molecule has 0 atom stereocenters. The molecule has 2 rings (SSSR count). The molecule has 1 aromatic heterocycles. The van der Waals surface area contributed by atoms with Crippen LogP contribution in [-0.4, -0.2) is 15.5 Å². The Morgan fingerprint density at radius 2 is 2.29 bits per heavy atom. The molecule has 1 amide bonds. The molecule has 1 aromatic carbocycles. The molecule has 6 heteroatoms. The summed E-state index contributed by atoms with van der Waals surface area (Å²) in [7, 11) is 1.81. The number of nitrogen functional groups attached to an aromatic ring is 1. The maximum Gasteiger partial charge on any atom is 0.275 e. The molecule has 17 heavy (non-hydrogen) atoms. The summed E-state index contributed by atoms with van der Waals surface area (Å²) in [6, 6.07) is 5.19. The molecule has 2 aromatic rings. The summed E-state index contributed by atoms with van der Waals surface area (Å²) >= 11 is 3.33. The molecule has 0 aliphatic rings. The number of nitrogens with two attached hydrogens (primary N) is 1. The third kappa shape index (κ3) is 2.65. The molecule has 1 heterocycles. The van der Waals surface area contributed by atoms with Crippen molar-refractivity contribution < 1.29 is 4.79 Å². The molecule has 0 saturated carbocycles. The van der Waals surface area contributed by atoms with Gasteiger partial charge in [-0.2, -0.15) is 0 Å². The summed E-state index contributed by atoms with van der Waals surface area (Å²) in [5.41, 5.74) is 7.28. The topological polar surface area (TPSA) is 72.9 Å². The van der Waals surface area contributed by atoms with Crippen LogP contribution in [0.1, 0.15) is 10.5 Å². The second-order valence-electron chi connectivity index (χ2n) is 3.62. The minimum absolute atomic E-state index is 0.254. The van der Waals surface area contributed by atoms with Crippen LogP contribution in [0, 0.1) is 0 Å². The number of carbonyl (C=O) groups excluding carboxylic acids is 1. The van der Waals surface area contributed by atoms with Crippen LogP contribution in [-0.2, 0) is 7.05 Å². The molecule has 0 fully saturated rings. The molecule has 0 bridgehead atoms. The van der Waals surface area contributed by atoms with Crippen LogP contribution >= 0.6 is 15.9 Å². The summed E-state index contributed by atoms with van der Waals surface area (Å²) in [5, 5.41) is 2.75. The van der Waals surface area contributed by atoms with Gasteiger partial charge in [0.05, 0.1) is 12.0 Å². The van der Waals surface area contributed by atoms with Crippen LogP contribution in [0.3, 0.4) is 0 Å². The van der Waals surface area contributed by atoms with Crippen LogP contribution in [0.2, 0.25) is 0 Å². The van der Waals surface area contributed by atoms with E-state index in [0.717, 1.165) is 4.47 Å². The van der Waals surface area contributed by atoms with Gasteiger partial charge in [-0.1, -0.05) is 0 Å². The summed E-state index contributed by atoms with van der Waals surface area (Å²) in [4.78, 5) is 15.8. The minimum atomic E-state index is -0.254. The maximum atomic E-state index is 11.8. The van der Waals surface area contributed by atoms with Crippen molar-refractivity contribution in [3.05, 3.63) is 40.9 Å². The van der Waals surface area contributed by atoms with Gasteiger partial charge < -0.3 is 15.6 Å². The maximum absolute atomic E-state index is 11.8. The molecule has 0 aliphatic heterocycles. The average Bonchev–Trinajstić information content (AvgIpc) is 2.69. The third-order valence-electron chi connectivity index (χ3n) is 2.18. The number of imidazole rings is 1. The number of hydrogen-bond acceptors (Lipinski definition) is 3. The molecule has 3 N–H and O–H groups in total. The van der Waals surface area contributed by atoms with E-state index >= 15 is 0 Å². The van der Waals surface area contributed by atoms with Crippen LogP contribution in [0.5, 0.6) is 0 Å². The fourth-order valence-electron chi connectivity index (χ4n) is 1.35. The summed E-state index contributed by atoms with van der Waals surface area (Å²) in [6.07, 6.45) is 3.23.